The van der Waals surface area contributed by atoms with E-state index in [0.29, 0.717) is 0 Å². The number of aryl methyl sites for hydroxylation is 1. The Morgan fingerprint density at radius 3 is 2.48 bits per heavy atom. The Kier molecular flexibility index (Phi) is 4.62. The van der Waals surface area contributed by atoms with Crippen LogP contribution in [0, 0.1) is 0 Å². The zero-order valence-electron chi connectivity index (χ0n) is 13.2. The van der Waals surface area contributed by atoms with Crippen LogP contribution in [0.5, 0.6) is 0 Å². The van der Waals surface area contributed by atoms with Gasteiger partial charge in [-0.25, -0.2) is 4.98 Å². The third-order valence-electron chi connectivity index (χ3n) is 5.08. The molecule has 5 heteroatoms. The Bertz CT molecular complexity index is 445. The molecule has 0 atom stereocenters. The highest BCUT2D eigenvalue weighted by atomic mass is 16.3. The van der Waals surface area contributed by atoms with Gasteiger partial charge in [0, 0.05) is 52.0 Å². The van der Waals surface area contributed by atoms with Crippen LogP contribution in [0.2, 0.25) is 0 Å². The number of nitrogens with zero attached hydrogens (tertiary/aromatic N) is 4. The van der Waals surface area contributed by atoms with E-state index >= 15 is 0 Å². The molecule has 2 aliphatic rings. The van der Waals surface area contributed by atoms with Crippen LogP contribution in [0.25, 0.3) is 0 Å². The summed E-state index contributed by atoms with van der Waals surface area (Å²) >= 11 is 0. The van der Waals surface area contributed by atoms with Gasteiger partial charge in [0.05, 0.1) is 5.60 Å². The summed E-state index contributed by atoms with van der Waals surface area (Å²) < 4.78 is 2.09. The van der Waals surface area contributed by atoms with Crippen molar-refractivity contribution in [1.82, 2.24) is 19.4 Å². The topological polar surface area (TPSA) is 44.5 Å². The van der Waals surface area contributed by atoms with E-state index in [4.69, 9.17) is 0 Å². The predicted octanol–water partition coefficient (Wildman–Crippen LogP) is 0.885. The molecular formula is C16H28N4O. The van der Waals surface area contributed by atoms with Crippen LogP contribution in [0.4, 0.5) is 0 Å². The summed E-state index contributed by atoms with van der Waals surface area (Å²) in [5.41, 5.74) is -0.454. The molecule has 2 fully saturated rings. The Morgan fingerprint density at radius 1 is 1.14 bits per heavy atom. The van der Waals surface area contributed by atoms with Crippen molar-refractivity contribution in [2.24, 2.45) is 7.05 Å². The minimum Gasteiger partial charge on any atom is -0.388 e. The van der Waals surface area contributed by atoms with Crippen molar-refractivity contribution in [1.29, 1.82) is 0 Å². The number of aliphatic hydroxyl groups is 1. The number of β-amino-alcohol motifs (C(OH)–C–C–N with tert-alkyl or cyclic N) is 1. The van der Waals surface area contributed by atoms with Gasteiger partial charge in [0.15, 0.2) is 0 Å². The number of imidazole rings is 1. The number of likely N-dealkylation sites (tertiary alicyclic amines) is 2. The Morgan fingerprint density at radius 2 is 1.86 bits per heavy atom. The maximum absolute atomic E-state index is 10.8. The molecule has 0 amide bonds. The van der Waals surface area contributed by atoms with Gasteiger partial charge >= 0.3 is 0 Å². The molecule has 1 aromatic heterocycles. The third-order valence-corrected chi connectivity index (χ3v) is 5.08. The van der Waals surface area contributed by atoms with E-state index in [1.54, 1.807) is 0 Å². The first kappa shape index (κ1) is 15.0. The van der Waals surface area contributed by atoms with Gasteiger partial charge in [-0.1, -0.05) is 0 Å². The molecular weight excluding hydrogens is 264 g/mol. The molecule has 2 aliphatic heterocycles. The van der Waals surface area contributed by atoms with Gasteiger partial charge in [-0.2, -0.15) is 0 Å². The molecule has 3 heterocycles. The lowest BCUT2D eigenvalue weighted by Gasteiger charge is -2.40. The maximum Gasteiger partial charge on any atom is 0.109 e. The van der Waals surface area contributed by atoms with E-state index in [-0.39, 0.29) is 0 Å². The molecule has 0 saturated carbocycles. The van der Waals surface area contributed by atoms with Gasteiger partial charge in [0.25, 0.3) is 0 Å². The van der Waals surface area contributed by atoms with Crippen LogP contribution >= 0.6 is 0 Å². The average Bonchev–Trinajstić information content (AvgIpc) is 3.10. The molecule has 118 valence electrons. The largest absolute Gasteiger partial charge is 0.388 e. The summed E-state index contributed by atoms with van der Waals surface area (Å²) in [7, 11) is 2.05. The Labute approximate surface area is 127 Å². The number of hydrogen-bond donors (Lipinski definition) is 1. The number of hydrogen-bond acceptors (Lipinski definition) is 4. The lowest BCUT2D eigenvalue weighted by molar-refractivity contribution is -0.0413. The molecule has 0 unspecified atom stereocenters. The van der Waals surface area contributed by atoms with Crippen LogP contribution in [-0.4, -0.2) is 69.3 Å². The summed E-state index contributed by atoms with van der Waals surface area (Å²) in [6.45, 7) is 6.28. The smallest absolute Gasteiger partial charge is 0.109 e. The van der Waals surface area contributed by atoms with Crippen molar-refractivity contribution in [3.8, 4) is 0 Å². The van der Waals surface area contributed by atoms with Gasteiger partial charge in [-0.05, 0) is 38.8 Å². The van der Waals surface area contributed by atoms with Crippen molar-refractivity contribution >= 4 is 0 Å². The van der Waals surface area contributed by atoms with Crippen LogP contribution in [0.3, 0.4) is 0 Å². The van der Waals surface area contributed by atoms with E-state index in [2.05, 4.69) is 19.4 Å². The Hall–Kier alpha value is -0.910. The second-order valence-electron chi connectivity index (χ2n) is 6.75. The van der Waals surface area contributed by atoms with E-state index in [9.17, 15) is 5.11 Å². The van der Waals surface area contributed by atoms with Crippen molar-refractivity contribution in [2.45, 2.75) is 37.7 Å². The highest BCUT2D eigenvalue weighted by Gasteiger charge is 2.34. The molecule has 0 bridgehead atoms. The molecule has 0 aromatic carbocycles. The summed E-state index contributed by atoms with van der Waals surface area (Å²) in [4.78, 5) is 9.28. The van der Waals surface area contributed by atoms with E-state index in [1.165, 1.54) is 25.9 Å². The fourth-order valence-electron chi connectivity index (χ4n) is 3.60. The van der Waals surface area contributed by atoms with Crippen LogP contribution < -0.4 is 0 Å². The van der Waals surface area contributed by atoms with Gasteiger partial charge in [-0.15, -0.1) is 0 Å². The molecule has 0 spiro atoms. The standard InChI is InChI=1S/C16H28N4O/c1-18-13-7-17-15(18)4-10-19-11-5-16(21,6-12-19)14-20-8-2-3-9-20/h7,13,21H,2-6,8-12,14H2,1H3. The van der Waals surface area contributed by atoms with E-state index in [1.807, 2.05) is 19.4 Å². The second-order valence-corrected chi connectivity index (χ2v) is 6.75. The number of piperidine rings is 1. The second kappa shape index (κ2) is 6.46. The van der Waals surface area contributed by atoms with Gasteiger partial charge < -0.3 is 19.5 Å². The van der Waals surface area contributed by atoms with E-state index in [0.717, 1.165) is 51.3 Å². The van der Waals surface area contributed by atoms with Crippen molar-refractivity contribution < 1.29 is 5.11 Å². The first-order chi connectivity index (χ1) is 10.1. The number of aromatic nitrogens is 2. The highest BCUT2D eigenvalue weighted by molar-refractivity contribution is 4.94. The normalized spacial score (nSPS) is 23.7. The van der Waals surface area contributed by atoms with E-state index < -0.39 is 5.60 Å². The average molecular weight is 292 g/mol. The monoisotopic (exact) mass is 292 g/mol. The van der Waals surface area contributed by atoms with Gasteiger partial charge in [0.2, 0.25) is 0 Å². The molecule has 5 nitrogen and oxygen atoms in total. The van der Waals surface area contributed by atoms with Crippen LogP contribution in [0.15, 0.2) is 12.4 Å². The molecule has 0 radical (unpaired) electrons. The van der Waals surface area contributed by atoms with Crippen molar-refractivity contribution in [3.05, 3.63) is 18.2 Å². The minimum absolute atomic E-state index is 0.454. The molecule has 21 heavy (non-hydrogen) atoms. The summed E-state index contributed by atoms with van der Waals surface area (Å²) in [6.07, 6.45) is 9.26. The van der Waals surface area contributed by atoms with Crippen LogP contribution in [-0.2, 0) is 13.5 Å². The summed E-state index contributed by atoms with van der Waals surface area (Å²) in [5, 5.41) is 10.8. The zero-order valence-corrected chi connectivity index (χ0v) is 13.2. The predicted molar refractivity (Wildman–Crippen MR) is 83.2 cm³/mol. The molecule has 0 aliphatic carbocycles. The molecule has 2 saturated heterocycles. The fourth-order valence-corrected chi connectivity index (χ4v) is 3.60. The van der Waals surface area contributed by atoms with Gasteiger partial charge in [0.1, 0.15) is 5.82 Å². The first-order valence-corrected chi connectivity index (χ1v) is 8.28. The van der Waals surface area contributed by atoms with Crippen molar-refractivity contribution in [2.75, 3.05) is 39.3 Å². The minimum atomic E-state index is -0.454. The van der Waals surface area contributed by atoms with Crippen LogP contribution in [0.1, 0.15) is 31.5 Å². The lowest BCUT2D eigenvalue weighted by Crippen LogP contribution is -2.50. The van der Waals surface area contributed by atoms with Gasteiger partial charge in [-0.3, -0.25) is 0 Å². The third kappa shape index (κ3) is 3.84. The quantitative estimate of drug-likeness (QED) is 0.875. The zero-order chi connectivity index (χ0) is 14.7. The summed E-state index contributed by atoms with van der Waals surface area (Å²) in [5.74, 6) is 1.15. The highest BCUT2D eigenvalue weighted by Crippen LogP contribution is 2.25. The summed E-state index contributed by atoms with van der Waals surface area (Å²) in [6, 6.07) is 0. The molecule has 3 rings (SSSR count). The number of rotatable bonds is 5. The lowest BCUT2D eigenvalue weighted by atomic mass is 9.90. The van der Waals surface area contributed by atoms with Crippen molar-refractivity contribution in [3.63, 3.8) is 0 Å². The maximum atomic E-state index is 10.8. The molecule has 1 N–H and O–H groups in total. The molecule has 1 aromatic rings. The fraction of sp³-hybridized carbons (Fsp3) is 0.812. The first-order valence-electron chi connectivity index (χ1n) is 8.28. The Balaban J connectivity index is 1.43. The SMILES string of the molecule is Cn1ccnc1CCN1CCC(O)(CN2CCCC2)CC1.